The van der Waals surface area contributed by atoms with Crippen LogP contribution in [-0.2, 0) is 0 Å². The minimum Gasteiger partial charge on any atom is -0.489 e. The summed E-state index contributed by atoms with van der Waals surface area (Å²) in [4.78, 5) is 12.5. The Morgan fingerprint density at radius 2 is 1.92 bits per heavy atom. The van der Waals surface area contributed by atoms with Crippen molar-refractivity contribution in [3.05, 3.63) is 75.0 Å². The molecule has 0 spiro atoms. The molecule has 0 saturated carbocycles. The molecular weight excluding hydrogens is 359 g/mol. The first-order valence-corrected chi connectivity index (χ1v) is 8.49. The van der Waals surface area contributed by atoms with E-state index in [1.165, 1.54) is 5.57 Å². The van der Waals surface area contributed by atoms with Gasteiger partial charge < -0.3 is 9.47 Å². The number of hydrogen-bond donors (Lipinski definition) is 0. The molecule has 0 bridgehead atoms. The zero-order valence-corrected chi connectivity index (χ0v) is 15.3. The third kappa shape index (κ3) is 4.06. The first-order valence-electron chi connectivity index (χ1n) is 7.73. The van der Waals surface area contributed by atoms with E-state index in [0.29, 0.717) is 33.7 Å². The van der Waals surface area contributed by atoms with Crippen LogP contribution in [0.4, 0.5) is 0 Å². The minimum absolute atomic E-state index is 0.170. The highest BCUT2D eigenvalue weighted by molar-refractivity contribution is 6.42. The summed E-state index contributed by atoms with van der Waals surface area (Å²) in [6.45, 7) is 4.49. The van der Waals surface area contributed by atoms with Crippen LogP contribution in [0.3, 0.4) is 0 Å². The lowest BCUT2D eigenvalue weighted by molar-refractivity contribution is 0.101. The zero-order chi connectivity index (χ0) is 18.0. The number of halogens is 2. The molecule has 0 aromatic heterocycles. The molecule has 0 N–H and O–H groups in total. The molecule has 3 nitrogen and oxygen atoms in total. The maximum absolute atomic E-state index is 12.5. The summed E-state index contributed by atoms with van der Waals surface area (Å²) >= 11 is 11.9. The highest BCUT2D eigenvalue weighted by atomic mass is 35.5. The molecule has 0 unspecified atom stereocenters. The van der Waals surface area contributed by atoms with E-state index in [1.807, 2.05) is 19.9 Å². The van der Waals surface area contributed by atoms with Crippen molar-refractivity contribution in [1.29, 1.82) is 0 Å². The van der Waals surface area contributed by atoms with Crippen LogP contribution < -0.4 is 9.47 Å². The number of ketones is 1. The molecule has 3 rings (SSSR count). The van der Waals surface area contributed by atoms with Crippen LogP contribution >= 0.6 is 23.2 Å². The fraction of sp³-hybridized carbons (Fsp3) is 0.150. The second-order valence-electron chi connectivity index (χ2n) is 5.86. The van der Waals surface area contributed by atoms with Crippen LogP contribution in [0, 0.1) is 0 Å². The summed E-state index contributed by atoms with van der Waals surface area (Å²) in [7, 11) is 0. The molecule has 5 heteroatoms. The van der Waals surface area contributed by atoms with Gasteiger partial charge >= 0.3 is 0 Å². The Labute approximate surface area is 156 Å². The summed E-state index contributed by atoms with van der Waals surface area (Å²) in [6, 6.07) is 10.3. The number of carbonyl (C=O) groups excluding carboxylic acids is 1. The Morgan fingerprint density at radius 3 is 2.64 bits per heavy atom. The summed E-state index contributed by atoms with van der Waals surface area (Å²) in [5, 5.41) is 0.887. The molecule has 1 aliphatic heterocycles. The quantitative estimate of drug-likeness (QED) is 0.489. The van der Waals surface area contributed by atoms with Crippen LogP contribution in [-0.4, -0.2) is 12.4 Å². The maximum atomic E-state index is 12.5. The van der Waals surface area contributed by atoms with Gasteiger partial charge in [0.15, 0.2) is 5.76 Å². The van der Waals surface area contributed by atoms with Crippen molar-refractivity contribution in [3.8, 4) is 11.5 Å². The smallest absolute Gasteiger partial charge is 0.231 e. The Hall–Kier alpha value is -2.23. The molecule has 0 saturated heterocycles. The van der Waals surface area contributed by atoms with Gasteiger partial charge in [0, 0.05) is 6.07 Å². The van der Waals surface area contributed by atoms with Gasteiger partial charge in [-0.15, -0.1) is 0 Å². The van der Waals surface area contributed by atoms with Crippen molar-refractivity contribution in [2.75, 3.05) is 6.61 Å². The number of allylic oxidation sites excluding steroid dienone is 2. The molecule has 0 amide bonds. The standard InChI is InChI=1S/C20H16Cl2O3/c1-12(2)7-8-24-14-4-5-15-18(11-14)25-19(20(15)23)10-13-3-6-16(21)17(22)9-13/h3-7,9-11H,8H2,1-2H3/b19-10+. The number of hydrogen-bond acceptors (Lipinski definition) is 3. The highest BCUT2D eigenvalue weighted by Crippen LogP contribution is 2.35. The topological polar surface area (TPSA) is 35.5 Å². The van der Waals surface area contributed by atoms with Crippen LogP contribution in [0.15, 0.2) is 53.8 Å². The van der Waals surface area contributed by atoms with Crippen LogP contribution in [0.2, 0.25) is 10.0 Å². The fourth-order valence-corrected chi connectivity index (χ4v) is 2.62. The van der Waals surface area contributed by atoms with E-state index in [-0.39, 0.29) is 11.5 Å². The van der Waals surface area contributed by atoms with Crippen molar-refractivity contribution in [2.45, 2.75) is 13.8 Å². The molecule has 0 aliphatic carbocycles. The lowest BCUT2D eigenvalue weighted by Gasteiger charge is -2.05. The van der Waals surface area contributed by atoms with Crippen LogP contribution in [0.1, 0.15) is 29.8 Å². The lowest BCUT2D eigenvalue weighted by atomic mass is 10.1. The van der Waals surface area contributed by atoms with E-state index in [1.54, 1.807) is 42.5 Å². The number of fused-ring (bicyclic) bond motifs is 1. The molecule has 2 aromatic rings. The van der Waals surface area contributed by atoms with E-state index in [9.17, 15) is 4.79 Å². The Kier molecular flexibility index (Phi) is 5.16. The fourth-order valence-electron chi connectivity index (χ4n) is 2.32. The Bertz CT molecular complexity index is 894. The van der Waals surface area contributed by atoms with Crippen molar-refractivity contribution in [3.63, 3.8) is 0 Å². The SMILES string of the molecule is CC(C)=CCOc1ccc2c(c1)O/C(=C/c1ccc(Cl)c(Cl)c1)C2=O. The lowest BCUT2D eigenvalue weighted by Crippen LogP contribution is -1.98. The van der Waals surface area contributed by atoms with Crippen LogP contribution in [0.5, 0.6) is 11.5 Å². The Morgan fingerprint density at radius 1 is 1.12 bits per heavy atom. The van der Waals surface area contributed by atoms with Crippen molar-refractivity contribution >= 4 is 35.1 Å². The number of rotatable bonds is 4. The predicted octanol–water partition coefficient (Wildman–Crippen LogP) is 5.95. The van der Waals surface area contributed by atoms with Crippen molar-refractivity contribution < 1.29 is 14.3 Å². The van der Waals surface area contributed by atoms with Gasteiger partial charge in [-0.1, -0.05) is 34.8 Å². The largest absolute Gasteiger partial charge is 0.489 e. The number of carbonyl (C=O) groups is 1. The summed E-state index contributed by atoms with van der Waals surface area (Å²) in [6.07, 6.45) is 3.63. The van der Waals surface area contributed by atoms with Crippen molar-refractivity contribution in [2.24, 2.45) is 0 Å². The molecule has 0 fully saturated rings. The normalized spacial score (nSPS) is 14.2. The first kappa shape index (κ1) is 17.6. The van der Waals surface area contributed by atoms with Crippen molar-refractivity contribution in [1.82, 2.24) is 0 Å². The highest BCUT2D eigenvalue weighted by Gasteiger charge is 2.27. The van der Waals surface area contributed by atoms with Gasteiger partial charge in [-0.05, 0) is 55.8 Å². The average molecular weight is 375 g/mol. The molecule has 25 heavy (non-hydrogen) atoms. The molecule has 128 valence electrons. The third-order valence-electron chi connectivity index (χ3n) is 3.62. The first-order chi connectivity index (χ1) is 11.9. The molecule has 1 heterocycles. The second-order valence-corrected chi connectivity index (χ2v) is 6.68. The minimum atomic E-state index is -0.170. The monoisotopic (exact) mass is 374 g/mol. The molecule has 2 aromatic carbocycles. The van der Waals surface area contributed by atoms with Gasteiger partial charge in [0.05, 0.1) is 15.6 Å². The molecule has 0 radical (unpaired) electrons. The number of benzene rings is 2. The molecule has 0 atom stereocenters. The predicted molar refractivity (Wildman–Crippen MR) is 101 cm³/mol. The van der Waals surface area contributed by atoms with E-state index in [4.69, 9.17) is 32.7 Å². The van der Waals surface area contributed by atoms with Gasteiger partial charge in [-0.2, -0.15) is 0 Å². The zero-order valence-electron chi connectivity index (χ0n) is 13.8. The van der Waals surface area contributed by atoms with Gasteiger partial charge in [-0.25, -0.2) is 0 Å². The maximum Gasteiger partial charge on any atom is 0.231 e. The third-order valence-corrected chi connectivity index (χ3v) is 4.36. The van der Waals surface area contributed by atoms with Crippen LogP contribution in [0.25, 0.3) is 6.08 Å². The average Bonchev–Trinajstić information content (AvgIpc) is 2.86. The number of Topliss-reactive ketones (excluding diaryl/α,β-unsaturated/α-hetero) is 1. The number of ether oxygens (including phenoxy) is 2. The van der Waals surface area contributed by atoms with E-state index in [0.717, 1.165) is 5.56 Å². The summed E-state index contributed by atoms with van der Waals surface area (Å²) in [5.41, 5.74) is 2.44. The van der Waals surface area contributed by atoms with E-state index >= 15 is 0 Å². The van der Waals surface area contributed by atoms with Gasteiger partial charge in [0.25, 0.3) is 0 Å². The van der Waals surface area contributed by atoms with E-state index in [2.05, 4.69) is 0 Å². The molecule has 1 aliphatic rings. The van der Waals surface area contributed by atoms with Gasteiger partial charge in [0.2, 0.25) is 5.78 Å². The second kappa shape index (κ2) is 7.34. The Balaban J connectivity index is 1.81. The summed E-state index contributed by atoms with van der Waals surface area (Å²) < 4.78 is 11.3. The van der Waals surface area contributed by atoms with Gasteiger partial charge in [0.1, 0.15) is 18.1 Å². The van der Waals surface area contributed by atoms with Gasteiger partial charge in [-0.3, -0.25) is 4.79 Å². The molecular formula is C20H16Cl2O3. The summed E-state index contributed by atoms with van der Waals surface area (Å²) in [5.74, 6) is 1.22. The van der Waals surface area contributed by atoms with E-state index < -0.39 is 0 Å².